The molecule has 0 saturated carbocycles. The van der Waals surface area contributed by atoms with E-state index in [1.807, 2.05) is 32.0 Å². The van der Waals surface area contributed by atoms with Crippen LogP contribution in [0.4, 0.5) is 10.8 Å². The second-order valence-electron chi connectivity index (χ2n) is 5.17. The average molecular weight is 391 g/mol. The Labute approximate surface area is 146 Å². The van der Waals surface area contributed by atoms with Gasteiger partial charge in [0.05, 0.1) is 10.2 Å². The van der Waals surface area contributed by atoms with Gasteiger partial charge in [-0.3, -0.25) is 10.2 Å². The van der Waals surface area contributed by atoms with Crippen molar-refractivity contribution in [1.29, 1.82) is 0 Å². The van der Waals surface area contributed by atoms with Crippen LogP contribution in [0, 0.1) is 13.8 Å². The van der Waals surface area contributed by atoms with Crippen molar-refractivity contribution in [3.63, 3.8) is 0 Å². The van der Waals surface area contributed by atoms with Gasteiger partial charge in [0.25, 0.3) is 5.91 Å². The molecule has 0 radical (unpaired) electrons. The fourth-order valence-electron chi connectivity index (χ4n) is 2.43. The number of nitrogen functional groups attached to an aromatic ring is 1. The quantitative estimate of drug-likeness (QED) is 0.462. The van der Waals surface area contributed by atoms with E-state index in [1.54, 1.807) is 12.1 Å². The van der Waals surface area contributed by atoms with Crippen molar-refractivity contribution in [2.45, 2.75) is 13.8 Å². The van der Waals surface area contributed by atoms with Crippen molar-refractivity contribution in [3.8, 4) is 0 Å². The molecule has 0 aliphatic rings. The van der Waals surface area contributed by atoms with Crippen LogP contribution in [0.5, 0.6) is 0 Å². The van der Waals surface area contributed by atoms with Gasteiger partial charge in [0.2, 0.25) is 0 Å². The smallest absolute Gasteiger partial charge is 0.255 e. The number of nitrogens with zero attached hydrogens (tertiary/aromatic N) is 1. The van der Waals surface area contributed by atoms with E-state index in [2.05, 4.69) is 31.7 Å². The molecule has 0 aliphatic carbocycles. The van der Waals surface area contributed by atoms with Gasteiger partial charge in [-0.2, -0.15) is 0 Å². The highest BCUT2D eigenvalue weighted by atomic mass is 79.9. The molecule has 118 valence electrons. The summed E-state index contributed by atoms with van der Waals surface area (Å²) < 4.78 is 1.95. The molecular formula is C16H15BrN4OS. The Hall–Kier alpha value is -1.96. The molecule has 0 spiro atoms. The summed E-state index contributed by atoms with van der Waals surface area (Å²) >= 11 is 4.83. The number of rotatable bonds is 3. The highest BCUT2D eigenvalue weighted by Gasteiger charge is 2.15. The van der Waals surface area contributed by atoms with Crippen LogP contribution in [0.25, 0.3) is 10.2 Å². The van der Waals surface area contributed by atoms with E-state index < -0.39 is 0 Å². The largest absolute Gasteiger partial charge is 0.321 e. The first-order valence-electron chi connectivity index (χ1n) is 6.94. The van der Waals surface area contributed by atoms with Crippen LogP contribution in [0.2, 0.25) is 0 Å². The minimum atomic E-state index is -0.135. The Balaban J connectivity index is 1.99. The number of nitrogens with two attached hydrogens (primary N) is 1. The van der Waals surface area contributed by atoms with Crippen molar-refractivity contribution < 1.29 is 4.79 Å². The molecule has 0 aliphatic heterocycles. The summed E-state index contributed by atoms with van der Waals surface area (Å²) in [5, 5.41) is 3.66. The lowest BCUT2D eigenvalue weighted by atomic mass is 10.1. The number of fused-ring (bicyclic) bond motifs is 1. The van der Waals surface area contributed by atoms with Gasteiger partial charge in [-0.1, -0.05) is 27.3 Å². The van der Waals surface area contributed by atoms with Crippen molar-refractivity contribution in [2.75, 3.05) is 10.7 Å². The molecule has 0 unspecified atom stereocenters. The van der Waals surface area contributed by atoms with Crippen molar-refractivity contribution in [2.24, 2.45) is 5.84 Å². The molecule has 1 amide bonds. The number of carbonyl (C=O) groups excluding carboxylic acids is 1. The Kier molecular flexibility index (Phi) is 4.34. The molecule has 3 rings (SSSR count). The number of carbonyl (C=O) groups is 1. The Morgan fingerprint density at radius 2 is 1.96 bits per heavy atom. The molecule has 0 fully saturated rings. The van der Waals surface area contributed by atoms with Crippen LogP contribution in [0.3, 0.4) is 0 Å². The van der Waals surface area contributed by atoms with E-state index in [-0.39, 0.29) is 5.91 Å². The standard InChI is InChI=1S/C16H15BrN4OS/c1-8-7-12-14(23-16(19-12)21-18)9(2)13(8)20-15(22)10-3-5-11(17)6-4-10/h3-7H,18H2,1-2H3,(H,19,21)(H,20,22). The number of nitrogens with one attached hydrogen (secondary N) is 2. The highest BCUT2D eigenvalue weighted by Crippen LogP contribution is 2.35. The molecule has 0 bridgehead atoms. The van der Waals surface area contributed by atoms with Crippen LogP contribution in [0.15, 0.2) is 34.8 Å². The number of hydrazine groups is 1. The zero-order valence-corrected chi connectivity index (χ0v) is 15.0. The molecular weight excluding hydrogens is 376 g/mol. The monoisotopic (exact) mass is 390 g/mol. The van der Waals surface area contributed by atoms with E-state index in [9.17, 15) is 4.79 Å². The van der Waals surface area contributed by atoms with Gasteiger partial charge in [0, 0.05) is 15.7 Å². The summed E-state index contributed by atoms with van der Waals surface area (Å²) in [6, 6.07) is 9.22. The minimum Gasteiger partial charge on any atom is -0.321 e. The summed E-state index contributed by atoms with van der Waals surface area (Å²) in [5.74, 6) is 5.30. The van der Waals surface area contributed by atoms with Gasteiger partial charge in [-0.25, -0.2) is 10.8 Å². The third-order valence-corrected chi connectivity index (χ3v) is 5.24. The summed E-state index contributed by atoms with van der Waals surface area (Å²) in [6.07, 6.45) is 0. The Bertz CT molecular complexity index is 889. The van der Waals surface area contributed by atoms with Gasteiger partial charge in [-0.15, -0.1) is 0 Å². The van der Waals surface area contributed by atoms with Gasteiger partial charge in [0.1, 0.15) is 0 Å². The van der Waals surface area contributed by atoms with Gasteiger partial charge in [-0.05, 0) is 55.3 Å². The lowest BCUT2D eigenvalue weighted by Crippen LogP contribution is -2.13. The number of benzene rings is 2. The predicted molar refractivity (Wildman–Crippen MR) is 99.0 cm³/mol. The van der Waals surface area contributed by atoms with Crippen molar-refractivity contribution >= 4 is 54.2 Å². The fourth-order valence-corrected chi connectivity index (χ4v) is 3.55. The van der Waals surface area contributed by atoms with Crippen LogP contribution >= 0.6 is 27.3 Å². The zero-order valence-electron chi connectivity index (χ0n) is 12.6. The SMILES string of the molecule is Cc1cc2nc(NN)sc2c(C)c1NC(=O)c1ccc(Br)cc1. The van der Waals surface area contributed by atoms with Crippen LogP contribution < -0.4 is 16.6 Å². The lowest BCUT2D eigenvalue weighted by molar-refractivity contribution is 0.102. The van der Waals surface area contributed by atoms with Crippen molar-refractivity contribution in [1.82, 2.24) is 4.98 Å². The molecule has 1 heterocycles. The number of aryl methyl sites for hydroxylation is 2. The van der Waals surface area contributed by atoms with Crippen LogP contribution in [-0.4, -0.2) is 10.9 Å². The second kappa shape index (κ2) is 6.27. The fraction of sp³-hybridized carbons (Fsp3) is 0.125. The van der Waals surface area contributed by atoms with Crippen molar-refractivity contribution in [3.05, 3.63) is 51.5 Å². The zero-order chi connectivity index (χ0) is 16.6. The summed E-state index contributed by atoms with van der Waals surface area (Å²) in [5.41, 5.74) is 6.83. The summed E-state index contributed by atoms with van der Waals surface area (Å²) in [7, 11) is 0. The number of hydrogen-bond acceptors (Lipinski definition) is 5. The highest BCUT2D eigenvalue weighted by molar-refractivity contribution is 9.10. The number of hydrogen-bond donors (Lipinski definition) is 3. The van der Waals surface area contributed by atoms with Gasteiger partial charge in [0.15, 0.2) is 5.13 Å². The molecule has 1 aromatic heterocycles. The summed E-state index contributed by atoms with van der Waals surface area (Å²) in [6.45, 7) is 3.93. The normalized spacial score (nSPS) is 10.8. The van der Waals surface area contributed by atoms with E-state index in [4.69, 9.17) is 5.84 Å². The van der Waals surface area contributed by atoms with E-state index in [0.29, 0.717) is 10.7 Å². The molecule has 0 atom stereocenters. The first-order valence-corrected chi connectivity index (χ1v) is 8.55. The average Bonchev–Trinajstić information content (AvgIpc) is 2.95. The Morgan fingerprint density at radius 3 is 2.61 bits per heavy atom. The maximum absolute atomic E-state index is 12.5. The van der Waals surface area contributed by atoms with E-state index in [1.165, 1.54) is 11.3 Å². The molecule has 4 N–H and O–H groups in total. The maximum atomic E-state index is 12.5. The topological polar surface area (TPSA) is 80.0 Å². The minimum absolute atomic E-state index is 0.135. The predicted octanol–water partition coefficient (Wildman–Crippen LogP) is 4.21. The third-order valence-electron chi connectivity index (χ3n) is 3.58. The molecule has 5 nitrogen and oxygen atoms in total. The lowest BCUT2D eigenvalue weighted by Gasteiger charge is -2.12. The third kappa shape index (κ3) is 3.08. The number of thiazole rings is 1. The first kappa shape index (κ1) is 15.9. The van der Waals surface area contributed by atoms with Gasteiger partial charge >= 0.3 is 0 Å². The van der Waals surface area contributed by atoms with Gasteiger partial charge < -0.3 is 5.32 Å². The number of halogens is 1. The summed E-state index contributed by atoms with van der Waals surface area (Å²) in [4.78, 5) is 16.9. The van der Waals surface area contributed by atoms with Crippen LogP contribution in [0.1, 0.15) is 21.5 Å². The molecule has 2 aromatic carbocycles. The first-order chi connectivity index (χ1) is 11.0. The maximum Gasteiger partial charge on any atom is 0.255 e. The number of amides is 1. The van der Waals surface area contributed by atoms with E-state index >= 15 is 0 Å². The molecule has 7 heteroatoms. The Morgan fingerprint density at radius 1 is 1.26 bits per heavy atom. The molecule has 0 saturated heterocycles. The second-order valence-corrected chi connectivity index (χ2v) is 7.08. The molecule has 23 heavy (non-hydrogen) atoms. The number of anilines is 2. The van der Waals surface area contributed by atoms with E-state index in [0.717, 1.165) is 31.5 Å². The van der Waals surface area contributed by atoms with Crippen LogP contribution in [-0.2, 0) is 0 Å². The number of aromatic nitrogens is 1. The molecule has 3 aromatic rings.